The molecule has 134 valence electrons. The van der Waals surface area contributed by atoms with Gasteiger partial charge in [-0.2, -0.15) is 5.10 Å². The normalized spacial score (nSPS) is 19.0. The zero-order valence-electron chi connectivity index (χ0n) is 13.9. The lowest BCUT2D eigenvalue weighted by molar-refractivity contribution is 0.0601. The molecule has 1 spiro atoms. The van der Waals surface area contributed by atoms with Crippen molar-refractivity contribution in [3.05, 3.63) is 48.0 Å². The van der Waals surface area contributed by atoms with E-state index in [-0.39, 0.29) is 24.1 Å². The Morgan fingerprint density at radius 1 is 1.16 bits per heavy atom. The SMILES string of the molecule is Cl.O=C(c1ccn(-c2ccccc2F)n1)N1CCC2(CCNC2)CC1. The Hall–Kier alpha value is -1.92. The highest BCUT2D eigenvalue weighted by molar-refractivity contribution is 5.92. The van der Waals surface area contributed by atoms with Gasteiger partial charge in [-0.25, -0.2) is 9.07 Å². The lowest BCUT2D eigenvalue weighted by Crippen LogP contribution is -2.44. The average molecular weight is 365 g/mol. The van der Waals surface area contributed by atoms with Crippen molar-refractivity contribution in [2.75, 3.05) is 26.2 Å². The standard InChI is InChI=1S/C18H21FN4O.ClH/c19-14-3-1-2-4-16(14)23-10-5-15(21-23)17(24)22-11-7-18(8-12-22)6-9-20-13-18;/h1-5,10,20H,6-9,11-13H2;1H. The van der Waals surface area contributed by atoms with Crippen LogP contribution >= 0.6 is 12.4 Å². The number of piperidine rings is 1. The number of carbonyl (C=O) groups excluding carboxylic acids is 1. The van der Waals surface area contributed by atoms with E-state index in [9.17, 15) is 9.18 Å². The van der Waals surface area contributed by atoms with E-state index in [2.05, 4.69) is 10.4 Å². The summed E-state index contributed by atoms with van der Waals surface area (Å²) >= 11 is 0. The van der Waals surface area contributed by atoms with E-state index in [4.69, 9.17) is 0 Å². The Bertz CT molecular complexity index is 747. The number of rotatable bonds is 2. The second-order valence-electron chi connectivity index (χ2n) is 6.82. The summed E-state index contributed by atoms with van der Waals surface area (Å²) in [5.74, 6) is -0.417. The maximum absolute atomic E-state index is 13.8. The summed E-state index contributed by atoms with van der Waals surface area (Å²) < 4.78 is 15.3. The molecule has 1 N–H and O–H groups in total. The van der Waals surface area contributed by atoms with Gasteiger partial charge in [0.1, 0.15) is 11.5 Å². The Balaban J connectivity index is 0.00000182. The number of nitrogens with zero attached hydrogens (tertiary/aromatic N) is 3. The van der Waals surface area contributed by atoms with Gasteiger partial charge in [-0.1, -0.05) is 12.1 Å². The van der Waals surface area contributed by atoms with Crippen LogP contribution in [0.5, 0.6) is 0 Å². The number of benzene rings is 1. The van der Waals surface area contributed by atoms with Crippen LogP contribution < -0.4 is 5.32 Å². The smallest absolute Gasteiger partial charge is 0.274 e. The lowest BCUT2D eigenvalue weighted by Gasteiger charge is -2.38. The zero-order valence-corrected chi connectivity index (χ0v) is 14.8. The van der Waals surface area contributed by atoms with E-state index in [1.165, 1.54) is 17.2 Å². The largest absolute Gasteiger partial charge is 0.337 e. The molecule has 0 saturated carbocycles. The molecular formula is C18H22ClFN4O. The Morgan fingerprint density at radius 2 is 1.92 bits per heavy atom. The summed E-state index contributed by atoms with van der Waals surface area (Å²) in [4.78, 5) is 14.5. The van der Waals surface area contributed by atoms with Crippen molar-refractivity contribution in [3.8, 4) is 5.69 Å². The van der Waals surface area contributed by atoms with Gasteiger partial charge in [-0.05, 0) is 49.4 Å². The molecule has 2 aliphatic rings. The van der Waals surface area contributed by atoms with E-state index in [1.54, 1.807) is 30.5 Å². The van der Waals surface area contributed by atoms with Crippen molar-refractivity contribution < 1.29 is 9.18 Å². The summed E-state index contributed by atoms with van der Waals surface area (Å²) in [6, 6.07) is 8.08. The maximum Gasteiger partial charge on any atom is 0.274 e. The molecule has 1 amide bonds. The Kier molecular flexibility index (Phi) is 5.11. The van der Waals surface area contributed by atoms with Crippen LogP contribution in [0.15, 0.2) is 36.5 Å². The van der Waals surface area contributed by atoms with Crippen molar-refractivity contribution in [1.29, 1.82) is 0 Å². The van der Waals surface area contributed by atoms with Crippen molar-refractivity contribution >= 4 is 18.3 Å². The molecule has 5 nitrogen and oxygen atoms in total. The fourth-order valence-corrected chi connectivity index (χ4v) is 3.78. The minimum atomic E-state index is -0.353. The van der Waals surface area contributed by atoms with E-state index in [0.717, 1.165) is 39.0 Å². The quantitative estimate of drug-likeness (QED) is 0.891. The highest BCUT2D eigenvalue weighted by Gasteiger charge is 2.38. The van der Waals surface area contributed by atoms with Gasteiger partial charge in [-0.15, -0.1) is 12.4 Å². The third kappa shape index (κ3) is 3.41. The first-order chi connectivity index (χ1) is 11.7. The van der Waals surface area contributed by atoms with Crippen LogP contribution in [0.4, 0.5) is 4.39 Å². The van der Waals surface area contributed by atoms with Crippen molar-refractivity contribution in [2.45, 2.75) is 19.3 Å². The molecule has 2 aromatic rings. The van der Waals surface area contributed by atoms with E-state index in [1.807, 2.05) is 4.90 Å². The van der Waals surface area contributed by atoms with Gasteiger partial charge in [0.2, 0.25) is 0 Å². The van der Waals surface area contributed by atoms with Crippen molar-refractivity contribution in [3.63, 3.8) is 0 Å². The minimum absolute atomic E-state index is 0. The topological polar surface area (TPSA) is 50.2 Å². The third-order valence-corrected chi connectivity index (χ3v) is 5.35. The van der Waals surface area contributed by atoms with Gasteiger partial charge >= 0.3 is 0 Å². The van der Waals surface area contributed by atoms with Crippen LogP contribution in [0.25, 0.3) is 5.69 Å². The predicted octanol–water partition coefficient (Wildman–Crippen LogP) is 2.65. The van der Waals surface area contributed by atoms with Gasteiger partial charge < -0.3 is 10.2 Å². The van der Waals surface area contributed by atoms with Gasteiger partial charge in [0.15, 0.2) is 5.69 Å². The molecule has 0 aliphatic carbocycles. The summed E-state index contributed by atoms with van der Waals surface area (Å²) in [6.07, 6.45) is 4.93. The molecule has 25 heavy (non-hydrogen) atoms. The maximum atomic E-state index is 13.8. The first-order valence-corrected chi connectivity index (χ1v) is 8.48. The molecule has 4 rings (SSSR count). The van der Waals surface area contributed by atoms with Crippen LogP contribution in [0, 0.1) is 11.2 Å². The summed E-state index contributed by atoms with van der Waals surface area (Å²) in [5.41, 5.74) is 1.11. The number of carbonyl (C=O) groups is 1. The van der Waals surface area contributed by atoms with Crippen LogP contribution in [-0.4, -0.2) is 46.8 Å². The molecule has 2 aliphatic heterocycles. The number of hydrogen-bond acceptors (Lipinski definition) is 3. The monoisotopic (exact) mass is 364 g/mol. The molecule has 1 aromatic carbocycles. The number of aromatic nitrogens is 2. The second-order valence-corrected chi connectivity index (χ2v) is 6.82. The number of halogens is 2. The molecule has 3 heterocycles. The molecule has 0 bridgehead atoms. The molecule has 0 unspecified atom stereocenters. The number of amides is 1. The molecule has 1 aromatic heterocycles. The van der Waals surface area contributed by atoms with Crippen LogP contribution in [0.3, 0.4) is 0 Å². The highest BCUT2D eigenvalue weighted by Crippen LogP contribution is 2.37. The fourth-order valence-electron chi connectivity index (χ4n) is 3.78. The molecule has 2 saturated heterocycles. The van der Waals surface area contributed by atoms with Crippen LogP contribution in [0.1, 0.15) is 29.8 Å². The Morgan fingerprint density at radius 3 is 2.60 bits per heavy atom. The zero-order chi connectivity index (χ0) is 16.6. The molecule has 7 heteroatoms. The first kappa shape index (κ1) is 17.9. The van der Waals surface area contributed by atoms with Crippen molar-refractivity contribution in [1.82, 2.24) is 20.0 Å². The first-order valence-electron chi connectivity index (χ1n) is 8.48. The van der Waals surface area contributed by atoms with E-state index >= 15 is 0 Å². The number of hydrogen-bond donors (Lipinski definition) is 1. The van der Waals surface area contributed by atoms with E-state index in [0.29, 0.717) is 16.8 Å². The Labute approximate surface area is 152 Å². The fraction of sp³-hybridized carbons (Fsp3) is 0.444. The third-order valence-electron chi connectivity index (χ3n) is 5.35. The minimum Gasteiger partial charge on any atom is -0.337 e. The van der Waals surface area contributed by atoms with Gasteiger partial charge in [0, 0.05) is 25.8 Å². The molecular weight excluding hydrogens is 343 g/mol. The molecule has 0 radical (unpaired) electrons. The van der Waals surface area contributed by atoms with Crippen molar-refractivity contribution in [2.24, 2.45) is 5.41 Å². The predicted molar refractivity (Wildman–Crippen MR) is 95.8 cm³/mol. The highest BCUT2D eigenvalue weighted by atomic mass is 35.5. The summed E-state index contributed by atoms with van der Waals surface area (Å²) in [7, 11) is 0. The van der Waals surface area contributed by atoms with Crippen LogP contribution in [-0.2, 0) is 0 Å². The van der Waals surface area contributed by atoms with E-state index < -0.39 is 0 Å². The summed E-state index contributed by atoms with van der Waals surface area (Å²) in [5, 5.41) is 7.71. The van der Waals surface area contributed by atoms with Crippen LogP contribution in [0.2, 0.25) is 0 Å². The van der Waals surface area contributed by atoms with Gasteiger partial charge in [-0.3, -0.25) is 4.79 Å². The second kappa shape index (κ2) is 7.14. The molecule has 0 atom stereocenters. The number of likely N-dealkylation sites (tertiary alicyclic amines) is 1. The molecule has 2 fully saturated rings. The number of para-hydroxylation sites is 1. The van der Waals surface area contributed by atoms with Gasteiger partial charge in [0.25, 0.3) is 5.91 Å². The van der Waals surface area contributed by atoms with Gasteiger partial charge in [0.05, 0.1) is 0 Å². The number of nitrogens with one attached hydrogen (secondary N) is 1. The average Bonchev–Trinajstić information content (AvgIpc) is 3.26. The summed E-state index contributed by atoms with van der Waals surface area (Å²) in [6.45, 7) is 3.69. The lowest BCUT2D eigenvalue weighted by atomic mass is 9.78.